The van der Waals surface area contributed by atoms with E-state index in [4.69, 9.17) is 9.05 Å². The minimum Gasteiger partial charge on any atom is -0.338 e. The van der Waals surface area contributed by atoms with Crippen LogP contribution in [0.2, 0.25) is 0 Å². The molecule has 1 atom stereocenters. The van der Waals surface area contributed by atoms with Crippen molar-refractivity contribution in [3.8, 4) is 11.5 Å². The van der Waals surface area contributed by atoms with Crippen molar-refractivity contribution in [3.63, 3.8) is 0 Å². The van der Waals surface area contributed by atoms with Gasteiger partial charge in [-0.15, -0.1) is 0 Å². The van der Waals surface area contributed by atoms with Gasteiger partial charge in [0.15, 0.2) is 11.6 Å². The minimum atomic E-state index is 0.122. The lowest BCUT2D eigenvalue weighted by atomic mass is 10.0. The first-order valence-electron chi connectivity index (χ1n) is 8.63. The van der Waals surface area contributed by atoms with E-state index in [-0.39, 0.29) is 6.04 Å². The summed E-state index contributed by atoms with van der Waals surface area (Å²) in [5.74, 6) is 2.58. The summed E-state index contributed by atoms with van der Waals surface area (Å²) in [6.07, 6.45) is 3.31. The quantitative estimate of drug-likeness (QED) is 0.720. The number of piperidine rings is 1. The first-order chi connectivity index (χ1) is 12.2. The molecule has 0 aliphatic carbocycles. The molecule has 130 valence electrons. The van der Waals surface area contributed by atoms with Gasteiger partial charge in [0.2, 0.25) is 5.89 Å². The van der Waals surface area contributed by atoms with E-state index in [1.54, 1.807) is 0 Å². The highest BCUT2D eigenvalue weighted by atomic mass is 16.5. The van der Waals surface area contributed by atoms with E-state index in [0.29, 0.717) is 30.0 Å². The summed E-state index contributed by atoms with van der Waals surface area (Å²) >= 11 is 0. The first kappa shape index (κ1) is 16.0. The van der Waals surface area contributed by atoms with Gasteiger partial charge >= 0.3 is 0 Å². The lowest BCUT2D eigenvalue weighted by molar-refractivity contribution is 0.107. The summed E-state index contributed by atoms with van der Waals surface area (Å²) in [7, 11) is 0. The molecule has 2 aromatic heterocycles. The zero-order chi connectivity index (χ0) is 17.2. The van der Waals surface area contributed by atoms with Gasteiger partial charge < -0.3 is 9.05 Å². The molecule has 3 heterocycles. The molecule has 25 heavy (non-hydrogen) atoms. The highest BCUT2D eigenvalue weighted by Gasteiger charge is 2.29. The number of likely N-dealkylation sites (tertiary alicyclic amines) is 1. The SMILES string of the molecule is Cc1ccc(-c2nc(CN3CCCC[C@H]3c3nc(C)no3)no2)cc1. The molecule has 1 aliphatic rings. The van der Waals surface area contributed by atoms with Crippen molar-refractivity contribution in [2.45, 2.75) is 45.7 Å². The van der Waals surface area contributed by atoms with Crippen LogP contribution < -0.4 is 0 Å². The van der Waals surface area contributed by atoms with Crippen LogP contribution in [0, 0.1) is 13.8 Å². The van der Waals surface area contributed by atoms with Crippen LogP contribution in [-0.4, -0.2) is 31.7 Å². The Kier molecular flexibility index (Phi) is 4.31. The molecular formula is C18H21N5O2. The van der Waals surface area contributed by atoms with Crippen LogP contribution in [0.3, 0.4) is 0 Å². The van der Waals surface area contributed by atoms with E-state index in [1.807, 2.05) is 31.2 Å². The molecule has 0 radical (unpaired) electrons. The van der Waals surface area contributed by atoms with E-state index < -0.39 is 0 Å². The third kappa shape index (κ3) is 3.46. The van der Waals surface area contributed by atoms with Crippen molar-refractivity contribution in [1.29, 1.82) is 0 Å². The molecule has 1 aliphatic heterocycles. The second kappa shape index (κ2) is 6.76. The molecule has 0 spiro atoms. The molecule has 3 aromatic rings. The van der Waals surface area contributed by atoms with Crippen molar-refractivity contribution in [2.24, 2.45) is 0 Å². The predicted molar refractivity (Wildman–Crippen MR) is 90.5 cm³/mol. The number of nitrogens with zero attached hydrogens (tertiary/aromatic N) is 5. The molecule has 7 nitrogen and oxygen atoms in total. The fourth-order valence-electron chi connectivity index (χ4n) is 3.22. The van der Waals surface area contributed by atoms with Gasteiger partial charge in [-0.2, -0.15) is 9.97 Å². The Balaban J connectivity index is 1.51. The van der Waals surface area contributed by atoms with Gasteiger partial charge in [0.05, 0.1) is 12.6 Å². The number of aryl methyl sites for hydroxylation is 2. The average Bonchev–Trinajstić information content (AvgIpc) is 3.25. The fourth-order valence-corrected chi connectivity index (χ4v) is 3.22. The molecule has 0 bridgehead atoms. The Labute approximate surface area is 146 Å². The lowest BCUT2D eigenvalue weighted by Gasteiger charge is -2.32. The predicted octanol–water partition coefficient (Wildman–Crippen LogP) is 3.46. The van der Waals surface area contributed by atoms with Crippen LogP contribution in [-0.2, 0) is 6.54 Å². The second-order valence-electron chi connectivity index (χ2n) is 6.54. The van der Waals surface area contributed by atoms with Gasteiger partial charge in [0.1, 0.15) is 0 Å². The number of aromatic nitrogens is 4. The van der Waals surface area contributed by atoms with Gasteiger partial charge in [-0.25, -0.2) is 0 Å². The molecule has 1 aromatic carbocycles. The summed E-state index contributed by atoms with van der Waals surface area (Å²) < 4.78 is 10.8. The van der Waals surface area contributed by atoms with Crippen molar-refractivity contribution in [3.05, 3.63) is 47.4 Å². The maximum Gasteiger partial charge on any atom is 0.257 e. The number of hydrogen-bond acceptors (Lipinski definition) is 7. The molecule has 4 rings (SSSR count). The fraction of sp³-hybridized carbons (Fsp3) is 0.444. The zero-order valence-corrected chi connectivity index (χ0v) is 14.5. The molecule has 1 fully saturated rings. The molecule has 7 heteroatoms. The second-order valence-corrected chi connectivity index (χ2v) is 6.54. The Morgan fingerprint density at radius 3 is 2.64 bits per heavy atom. The normalized spacial score (nSPS) is 18.6. The summed E-state index contributed by atoms with van der Waals surface area (Å²) in [5.41, 5.74) is 2.14. The van der Waals surface area contributed by atoms with E-state index in [1.165, 1.54) is 5.56 Å². The standard InChI is InChI=1S/C18H21N5O2/c1-12-6-8-14(9-7-12)17-20-16(22-24-17)11-23-10-4-3-5-15(23)18-19-13(2)21-25-18/h6-9,15H,3-5,10-11H2,1-2H3/t15-/m0/s1. The first-order valence-corrected chi connectivity index (χ1v) is 8.63. The smallest absolute Gasteiger partial charge is 0.257 e. The molecule has 0 amide bonds. The van der Waals surface area contributed by atoms with Crippen molar-refractivity contribution in [1.82, 2.24) is 25.2 Å². The van der Waals surface area contributed by atoms with E-state index >= 15 is 0 Å². The van der Waals surface area contributed by atoms with Crippen LogP contribution in [0.15, 0.2) is 33.3 Å². The highest BCUT2D eigenvalue weighted by Crippen LogP contribution is 2.31. The van der Waals surface area contributed by atoms with Crippen molar-refractivity contribution < 1.29 is 9.05 Å². The lowest BCUT2D eigenvalue weighted by Crippen LogP contribution is -2.33. The maximum absolute atomic E-state index is 5.44. The largest absolute Gasteiger partial charge is 0.338 e. The summed E-state index contributed by atoms with van der Waals surface area (Å²) in [4.78, 5) is 11.2. The van der Waals surface area contributed by atoms with Crippen LogP contribution in [0.5, 0.6) is 0 Å². The van der Waals surface area contributed by atoms with Crippen LogP contribution in [0.25, 0.3) is 11.5 Å². The summed E-state index contributed by atoms with van der Waals surface area (Å²) in [6, 6.07) is 8.20. The highest BCUT2D eigenvalue weighted by molar-refractivity contribution is 5.53. The minimum absolute atomic E-state index is 0.122. The Morgan fingerprint density at radius 1 is 1.04 bits per heavy atom. The van der Waals surface area contributed by atoms with E-state index in [0.717, 1.165) is 31.4 Å². The Bertz CT molecular complexity index is 839. The van der Waals surface area contributed by atoms with Gasteiger partial charge in [-0.05, 0) is 45.4 Å². The summed E-state index contributed by atoms with van der Waals surface area (Å²) in [5, 5.41) is 8.07. The zero-order valence-electron chi connectivity index (χ0n) is 14.5. The molecular weight excluding hydrogens is 318 g/mol. The van der Waals surface area contributed by atoms with Gasteiger partial charge in [-0.3, -0.25) is 4.90 Å². The van der Waals surface area contributed by atoms with Crippen molar-refractivity contribution in [2.75, 3.05) is 6.54 Å². The number of hydrogen-bond donors (Lipinski definition) is 0. The third-order valence-corrected chi connectivity index (χ3v) is 4.55. The third-order valence-electron chi connectivity index (χ3n) is 4.55. The molecule has 0 saturated carbocycles. The average molecular weight is 339 g/mol. The van der Waals surface area contributed by atoms with Gasteiger partial charge in [0, 0.05) is 5.56 Å². The number of benzene rings is 1. The van der Waals surface area contributed by atoms with Crippen LogP contribution >= 0.6 is 0 Å². The maximum atomic E-state index is 5.44. The van der Waals surface area contributed by atoms with Crippen molar-refractivity contribution >= 4 is 0 Å². The Morgan fingerprint density at radius 2 is 1.88 bits per heavy atom. The van der Waals surface area contributed by atoms with Gasteiger partial charge in [-0.1, -0.05) is 34.4 Å². The molecule has 0 N–H and O–H groups in total. The summed E-state index contributed by atoms with van der Waals surface area (Å²) in [6.45, 7) is 5.47. The van der Waals surface area contributed by atoms with E-state index in [2.05, 4.69) is 32.1 Å². The van der Waals surface area contributed by atoms with Gasteiger partial charge in [0.25, 0.3) is 5.89 Å². The topological polar surface area (TPSA) is 81.1 Å². The van der Waals surface area contributed by atoms with Crippen LogP contribution in [0.1, 0.15) is 48.4 Å². The van der Waals surface area contributed by atoms with Crippen LogP contribution in [0.4, 0.5) is 0 Å². The number of rotatable bonds is 4. The van der Waals surface area contributed by atoms with E-state index in [9.17, 15) is 0 Å². The monoisotopic (exact) mass is 339 g/mol. The Hall–Kier alpha value is -2.54. The molecule has 0 unspecified atom stereocenters. The molecule has 1 saturated heterocycles.